The van der Waals surface area contributed by atoms with Crippen LogP contribution in [0.3, 0.4) is 0 Å². The molecule has 3 N–H and O–H groups in total. The van der Waals surface area contributed by atoms with Gasteiger partial charge < -0.3 is 5.73 Å². The molecule has 2 rings (SSSR count). The van der Waals surface area contributed by atoms with E-state index in [1.165, 1.54) is 4.57 Å². The third kappa shape index (κ3) is 3.71. The summed E-state index contributed by atoms with van der Waals surface area (Å²) in [5.74, 6) is 5.75. The van der Waals surface area contributed by atoms with Gasteiger partial charge in [0.25, 0.3) is 5.56 Å². The van der Waals surface area contributed by atoms with Gasteiger partial charge in [-0.3, -0.25) is 14.3 Å². The normalized spacial score (nSPS) is 10.0. The minimum atomic E-state index is -0.407. The molecule has 0 spiro atoms. The summed E-state index contributed by atoms with van der Waals surface area (Å²) in [6.07, 6.45) is 2.19. The van der Waals surface area contributed by atoms with E-state index in [1.807, 2.05) is 31.2 Å². The largest absolute Gasteiger partial charge is 0.328 e. The van der Waals surface area contributed by atoms with Crippen molar-refractivity contribution < 1.29 is 0 Å². The maximum absolute atomic E-state index is 11.8. The van der Waals surface area contributed by atoms with Crippen LogP contribution in [-0.4, -0.2) is 16.1 Å². The molecular weight excluding hydrogens is 266 g/mol. The minimum absolute atomic E-state index is 0.309. The van der Waals surface area contributed by atoms with Crippen molar-refractivity contribution in [3.05, 3.63) is 68.0 Å². The van der Waals surface area contributed by atoms with Crippen molar-refractivity contribution in [1.82, 2.24) is 9.55 Å². The zero-order valence-electron chi connectivity index (χ0n) is 11.8. The highest BCUT2D eigenvalue weighted by Gasteiger charge is 2.04. The summed E-state index contributed by atoms with van der Waals surface area (Å²) in [4.78, 5) is 25.7. The number of nitrogens with two attached hydrogens (primary N) is 1. The van der Waals surface area contributed by atoms with Gasteiger partial charge in [0.05, 0.1) is 13.1 Å². The van der Waals surface area contributed by atoms with E-state index in [1.54, 1.807) is 6.20 Å². The quantitative estimate of drug-likeness (QED) is 0.803. The van der Waals surface area contributed by atoms with E-state index in [0.717, 1.165) is 11.1 Å². The highest BCUT2D eigenvalue weighted by atomic mass is 16.2. The molecule has 0 fully saturated rings. The summed E-state index contributed by atoms with van der Waals surface area (Å²) in [6, 6.07) is 7.59. The Kier molecular flexibility index (Phi) is 4.75. The van der Waals surface area contributed by atoms with Crippen LogP contribution in [0.2, 0.25) is 0 Å². The molecule has 1 aromatic carbocycles. The second-order valence-electron chi connectivity index (χ2n) is 4.60. The van der Waals surface area contributed by atoms with Gasteiger partial charge in [-0.25, -0.2) is 4.79 Å². The van der Waals surface area contributed by atoms with Crippen LogP contribution in [0, 0.1) is 11.8 Å². The van der Waals surface area contributed by atoms with E-state index >= 15 is 0 Å². The Labute approximate surface area is 122 Å². The van der Waals surface area contributed by atoms with Gasteiger partial charge in [0.15, 0.2) is 0 Å². The van der Waals surface area contributed by atoms with E-state index in [-0.39, 0.29) is 5.56 Å². The minimum Gasteiger partial charge on any atom is -0.320 e. The maximum atomic E-state index is 11.8. The van der Waals surface area contributed by atoms with E-state index in [4.69, 9.17) is 5.73 Å². The third-order valence-electron chi connectivity index (χ3n) is 3.08. The summed E-state index contributed by atoms with van der Waals surface area (Å²) in [6.45, 7) is 2.58. The summed E-state index contributed by atoms with van der Waals surface area (Å²) in [5.41, 5.74) is 7.01. The van der Waals surface area contributed by atoms with Crippen molar-refractivity contribution in [3.63, 3.8) is 0 Å². The van der Waals surface area contributed by atoms with Crippen molar-refractivity contribution in [2.24, 2.45) is 5.73 Å². The molecule has 0 radical (unpaired) electrons. The van der Waals surface area contributed by atoms with E-state index in [0.29, 0.717) is 25.1 Å². The Morgan fingerprint density at radius 2 is 2.14 bits per heavy atom. The number of H-pyrrole nitrogens is 1. The van der Waals surface area contributed by atoms with Crippen LogP contribution in [0.25, 0.3) is 0 Å². The first kappa shape index (κ1) is 14.8. The topological polar surface area (TPSA) is 80.9 Å². The van der Waals surface area contributed by atoms with Crippen molar-refractivity contribution in [3.8, 4) is 11.8 Å². The number of rotatable bonds is 3. The lowest BCUT2D eigenvalue weighted by molar-refractivity contribution is 0.707. The van der Waals surface area contributed by atoms with E-state index < -0.39 is 5.69 Å². The van der Waals surface area contributed by atoms with Crippen LogP contribution >= 0.6 is 0 Å². The number of nitrogens with zero attached hydrogens (tertiary/aromatic N) is 1. The smallest absolute Gasteiger partial charge is 0.320 e. The Bertz CT molecular complexity index is 806. The van der Waals surface area contributed by atoms with Crippen LogP contribution in [0.5, 0.6) is 0 Å². The lowest BCUT2D eigenvalue weighted by Crippen LogP contribution is -2.31. The van der Waals surface area contributed by atoms with Gasteiger partial charge in [-0.05, 0) is 24.1 Å². The highest BCUT2D eigenvalue weighted by molar-refractivity contribution is 5.37. The second-order valence-corrected chi connectivity index (χ2v) is 4.60. The molecular formula is C16H17N3O2. The molecule has 2 aromatic rings. The molecule has 1 aromatic heterocycles. The Morgan fingerprint density at radius 3 is 2.86 bits per heavy atom. The molecule has 0 aliphatic carbocycles. The molecule has 0 atom stereocenters. The first-order valence-corrected chi connectivity index (χ1v) is 6.74. The number of nitrogens with one attached hydrogen (secondary N) is 1. The van der Waals surface area contributed by atoms with Gasteiger partial charge in [-0.1, -0.05) is 30.9 Å². The fourth-order valence-electron chi connectivity index (χ4n) is 2.02. The van der Waals surface area contributed by atoms with Crippen LogP contribution in [-0.2, 0) is 13.0 Å². The van der Waals surface area contributed by atoms with Crippen molar-refractivity contribution in [2.45, 2.75) is 19.9 Å². The average molecular weight is 283 g/mol. The predicted molar refractivity (Wildman–Crippen MR) is 82.2 cm³/mol. The molecule has 0 amide bonds. The van der Waals surface area contributed by atoms with Crippen LogP contribution in [0.1, 0.15) is 23.6 Å². The van der Waals surface area contributed by atoms with Crippen LogP contribution < -0.4 is 17.0 Å². The Hall–Kier alpha value is -2.58. The van der Waals surface area contributed by atoms with Gasteiger partial charge in [-0.15, -0.1) is 0 Å². The van der Waals surface area contributed by atoms with Gasteiger partial charge in [0.1, 0.15) is 0 Å². The first-order valence-electron chi connectivity index (χ1n) is 6.74. The van der Waals surface area contributed by atoms with Gasteiger partial charge in [-0.2, -0.15) is 0 Å². The van der Waals surface area contributed by atoms with E-state index in [2.05, 4.69) is 16.8 Å². The molecule has 0 bridgehead atoms. The average Bonchev–Trinajstić information content (AvgIpc) is 2.48. The highest BCUT2D eigenvalue weighted by Crippen LogP contribution is 2.05. The van der Waals surface area contributed by atoms with Crippen LogP contribution in [0.15, 0.2) is 40.1 Å². The number of aromatic nitrogens is 2. The Morgan fingerprint density at radius 1 is 1.33 bits per heavy atom. The third-order valence-corrected chi connectivity index (χ3v) is 3.08. The monoisotopic (exact) mass is 283 g/mol. The van der Waals surface area contributed by atoms with Crippen LogP contribution in [0.4, 0.5) is 0 Å². The fourth-order valence-corrected chi connectivity index (χ4v) is 2.02. The van der Waals surface area contributed by atoms with Crippen molar-refractivity contribution in [1.29, 1.82) is 0 Å². The molecule has 21 heavy (non-hydrogen) atoms. The zero-order chi connectivity index (χ0) is 15.2. The first-order chi connectivity index (χ1) is 10.1. The second kappa shape index (κ2) is 6.73. The molecule has 0 aliphatic rings. The molecule has 0 unspecified atom stereocenters. The van der Waals surface area contributed by atoms with Crippen molar-refractivity contribution >= 4 is 0 Å². The summed E-state index contributed by atoms with van der Waals surface area (Å²) in [7, 11) is 0. The summed E-state index contributed by atoms with van der Waals surface area (Å²) in [5, 5.41) is 0. The lowest BCUT2D eigenvalue weighted by atomic mass is 10.1. The molecule has 0 saturated carbocycles. The molecule has 0 saturated heterocycles. The maximum Gasteiger partial charge on any atom is 0.328 e. The molecule has 5 heteroatoms. The number of hydrogen-bond acceptors (Lipinski definition) is 3. The SMILES string of the molecule is CCc1cn(Cc2cccc(C#CCN)c2)c(=O)[nH]c1=O. The molecule has 5 nitrogen and oxygen atoms in total. The predicted octanol–water partition coefficient (Wildman–Crippen LogP) is 0.458. The lowest BCUT2D eigenvalue weighted by Gasteiger charge is -2.07. The molecule has 1 heterocycles. The summed E-state index contributed by atoms with van der Waals surface area (Å²) >= 11 is 0. The van der Waals surface area contributed by atoms with Crippen molar-refractivity contribution in [2.75, 3.05) is 6.54 Å². The number of hydrogen-bond donors (Lipinski definition) is 2. The standard InChI is InChI=1S/C16H17N3O2/c1-2-14-11-19(16(21)18-15(14)20)10-13-6-3-5-12(9-13)7-4-8-17/h3,5-6,9,11H,2,8,10,17H2,1H3,(H,18,20,21). The van der Waals surface area contributed by atoms with Gasteiger partial charge in [0, 0.05) is 17.3 Å². The van der Waals surface area contributed by atoms with Gasteiger partial charge in [0.2, 0.25) is 0 Å². The number of benzene rings is 1. The fraction of sp³-hybridized carbons (Fsp3) is 0.250. The van der Waals surface area contributed by atoms with E-state index in [9.17, 15) is 9.59 Å². The number of aromatic amines is 1. The van der Waals surface area contributed by atoms with Gasteiger partial charge >= 0.3 is 5.69 Å². The molecule has 108 valence electrons. The summed E-state index contributed by atoms with van der Waals surface area (Å²) < 4.78 is 1.50. The molecule has 0 aliphatic heterocycles. The zero-order valence-corrected chi connectivity index (χ0v) is 11.8. The Balaban J connectivity index is 2.34. The number of aryl methyl sites for hydroxylation is 1.